The lowest BCUT2D eigenvalue weighted by Crippen LogP contribution is -2.03. The van der Waals surface area contributed by atoms with Gasteiger partial charge in [0.15, 0.2) is 0 Å². The largest absolute Gasteiger partial charge is 0.423 e. The maximum atomic E-state index is 11.0. The average Bonchev–Trinajstić information content (AvgIpc) is 3.24. The average molecular weight is 285 g/mol. The van der Waals surface area contributed by atoms with Gasteiger partial charge in [-0.15, -0.1) is 10.2 Å². The van der Waals surface area contributed by atoms with Crippen LogP contribution in [0.4, 0.5) is 11.4 Å². The molecular weight excluding hydrogens is 274 g/mol. The number of anilines is 1. The van der Waals surface area contributed by atoms with E-state index in [0.717, 1.165) is 12.8 Å². The van der Waals surface area contributed by atoms with E-state index < -0.39 is 4.92 Å². The molecule has 0 atom stereocenters. The minimum absolute atomic E-state index is 0.156. The van der Waals surface area contributed by atoms with E-state index >= 15 is 0 Å². The Labute approximate surface area is 119 Å². The van der Waals surface area contributed by atoms with Gasteiger partial charge in [0.1, 0.15) is 5.69 Å². The van der Waals surface area contributed by atoms with Gasteiger partial charge >= 0.3 is 0 Å². The van der Waals surface area contributed by atoms with Crippen molar-refractivity contribution in [3.05, 3.63) is 45.7 Å². The Kier molecular flexibility index (Phi) is 3.23. The van der Waals surface area contributed by atoms with Gasteiger partial charge in [-0.05, 0) is 25.0 Å². The van der Waals surface area contributed by atoms with Crippen LogP contribution in [-0.4, -0.2) is 15.1 Å². The number of nitriles is 1. The number of rotatable bonds is 5. The predicted molar refractivity (Wildman–Crippen MR) is 71.4 cm³/mol. The molecule has 0 radical (unpaired) electrons. The summed E-state index contributed by atoms with van der Waals surface area (Å²) in [5.74, 6) is 1.38. The SMILES string of the molecule is N#Cc1ccc(NCc2nnc(C3CC3)o2)c([N+](=O)[O-])c1. The van der Waals surface area contributed by atoms with Crippen molar-refractivity contribution >= 4 is 11.4 Å². The van der Waals surface area contributed by atoms with Crippen LogP contribution in [0.1, 0.15) is 36.1 Å². The van der Waals surface area contributed by atoms with Crippen molar-refractivity contribution in [1.82, 2.24) is 10.2 Å². The van der Waals surface area contributed by atoms with Crippen LogP contribution in [0.2, 0.25) is 0 Å². The molecule has 106 valence electrons. The molecular formula is C13H11N5O3. The summed E-state index contributed by atoms with van der Waals surface area (Å²) in [6.45, 7) is 0.201. The van der Waals surface area contributed by atoms with Crippen molar-refractivity contribution in [2.75, 3.05) is 5.32 Å². The van der Waals surface area contributed by atoms with Crippen LogP contribution in [-0.2, 0) is 6.54 Å². The second-order valence-corrected chi connectivity index (χ2v) is 4.76. The van der Waals surface area contributed by atoms with E-state index in [-0.39, 0.29) is 17.8 Å². The summed E-state index contributed by atoms with van der Waals surface area (Å²) >= 11 is 0. The van der Waals surface area contributed by atoms with Crippen molar-refractivity contribution in [2.24, 2.45) is 0 Å². The Morgan fingerprint density at radius 1 is 1.48 bits per heavy atom. The van der Waals surface area contributed by atoms with E-state index in [1.54, 1.807) is 0 Å². The Balaban J connectivity index is 1.74. The fraction of sp³-hybridized carbons (Fsp3) is 0.308. The third-order valence-electron chi connectivity index (χ3n) is 3.16. The Morgan fingerprint density at radius 3 is 2.95 bits per heavy atom. The molecule has 0 unspecified atom stereocenters. The Morgan fingerprint density at radius 2 is 2.29 bits per heavy atom. The van der Waals surface area contributed by atoms with Crippen LogP contribution in [0.5, 0.6) is 0 Å². The summed E-state index contributed by atoms with van der Waals surface area (Å²) < 4.78 is 5.47. The van der Waals surface area contributed by atoms with Gasteiger partial charge in [0.25, 0.3) is 5.69 Å². The van der Waals surface area contributed by atoms with Crippen molar-refractivity contribution in [1.29, 1.82) is 5.26 Å². The highest BCUT2D eigenvalue weighted by atomic mass is 16.6. The maximum absolute atomic E-state index is 11.0. The third-order valence-corrected chi connectivity index (χ3v) is 3.16. The highest BCUT2D eigenvalue weighted by molar-refractivity contribution is 5.63. The van der Waals surface area contributed by atoms with E-state index in [9.17, 15) is 10.1 Å². The Hall–Kier alpha value is -2.95. The van der Waals surface area contributed by atoms with Gasteiger partial charge < -0.3 is 9.73 Å². The highest BCUT2D eigenvalue weighted by Gasteiger charge is 2.29. The van der Waals surface area contributed by atoms with Gasteiger partial charge in [-0.2, -0.15) is 5.26 Å². The second-order valence-electron chi connectivity index (χ2n) is 4.76. The molecule has 0 aliphatic heterocycles. The summed E-state index contributed by atoms with van der Waals surface area (Å²) in [7, 11) is 0. The zero-order valence-corrected chi connectivity index (χ0v) is 10.9. The second kappa shape index (κ2) is 5.20. The van der Waals surface area contributed by atoms with Crippen LogP contribution in [0.25, 0.3) is 0 Å². The van der Waals surface area contributed by atoms with Gasteiger partial charge in [-0.1, -0.05) is 0 Å². The van der Waals surface area contributed by atoms with E-state index in [0.29, 0.717) is 23.4 Å². The van der Waals surface area contributed by atoms with Gasteiger partial charge in [0.2, 0.25) is 11.8 Å². The number of hydrogen-bond donors (Lipinski definition) is 1. The molecule has 21 heavy (non-hydrogen) atoms. The fourth-order valence-electron chi connectivity index (χ4n) is 1.91. The quantitative estimate of drug-likeness (QED) is 0.661. The molecule has 1 fully saturated rings. The number of nitrogens with zero attached hydrogens (tertiary/aromatic N) is 4. The van der Waals surface area contributed by atoms with Crippen LogP contribution < -0.4 is 5.32 Å². The molecule has 8 heteroatoms. The van der Waals surface area contributed by atoms with E-state index in [1.807, 2.05) is 6.07 Å². The van der Waals surface area contributed by atoms with E-state index in [1.165, 1.54) is 18.2 Å². The number of nitro groups is 1. The first-order valence-electron chi connectivity index (χ1n) is 6.42. The fourth-order valence-corrected chi connectivity index (χ4v) is 1.91. The number of aromatic nitrogens is 2. The summed E-state index contributed by atoms with van der Waals surface area (Å²) in [5, 5.41) is 30.5. The normalized spacial score (nSPS) is 13.7. The molecule has 1 aliphatic rings. The first-order chi connectivity index (χ1) is 10.2. The molecule has 3 rings (SSSR count). The molecule has 1 N–H and O–H groups in total. The smallest absolute Gasteiger partial charge is 0.293 e. The molecule has 1 aromatic heterocycles. The van der Waals surface area contributed by atoms with Gasteiger partial charge in [0.05, 0.1) is 23.1 Å². The molecule has 2 aromatic rings. The molecule has 1 heterocycles. The summed E-state index contributed by atoms with van der Waals surface area (Å²) in [4.78, 5) is 10.5. The van der Waals surface area contributed by atoms with Crippen molar-refractivity contribution in [3.8, 4) is 6.07 Å². The van der Waals surface area contributed by atoms with E-state index in [4.69, 9.17) is 9.68 Å². The molecule has 0 amide bonds. The van der Waals surface area contributed by atoms with Gasteiger partial charge in [0, 0.05) is 12.0 Å². The lowest BCUT2D eigenvalue weighted by atomic mass is 10.2. The summed E-state index contributed by atoms with van der Waals surface area (Å²) in [6.07, 6.45) is 2.13. The predicted octanol–water partition coefficient (Wildman–Crippen LogP) is 2.34. The standard InChI is InChI=1S/C13H11N5O3/c14-6-8-1-4-10(11(5-8)18(19)20)15-7-12-16-17-13(21-12)9-2-3-9/h1,4-5,9,15H,2-3,7H2. The first kappa shape index (κ1) is 13.1. The lowest BCUT2D eigenvalue weighted by Gasteiger charge is -2.04. The number of hydrogen-bond acceptors (Lipinski definition) is 7. The molecule has 1 aromatic carbocycles. The summed E-state index contributed by atoms with van der Waals surface area (Å²) in [6, 6.07) is 6.11. The van der Waals surface area contributed by atoms with Crippen LogP contribution >= 0.6 is 0 Å². The van der Waals surface area contributed by atoms with Crippen molar-refractivity contribution in [2.45, 2.75) is 25.3 Å². The van der Waals surface area contributed by atoms with Crippen molar-refractivity contribution < 1.29 is 9.34 Å². The monoisotopic (exact) mass is 285 g/mol. The van der Waals surface area contributed by atoms with Gasteiger partial charge in [-0.25, -0.2) is 0 Å². The van der Waals surface area contributed by atoms with Gasteiger partial charge in [-0.3, -0.25) is 10.1 Å². The molecule has 0 bridgehead atoms. The minimum atomic E-state index is -0.535. The summed E-state index contributed by atoms with van der Waals surface area (Å²) in [5.41, 5.74) is 0.391. The van der Waals surface area contributed by atoms with E-state index in [2.05, 4.69) is 15.5 Å². The third kappa shape index (κ3) is 2.81. The molecule has 0 spiro atoms. The first-order valence-corrected chi connectivity index (χ1v) is 6.42. The highest BCUT2D eigenvalue weighted by Crippen LogP contribution is 2.39. The number of nitro benzene ring substituents is 1. The van der Waals surface area contributed by atoms with Crippen molar-refractivity contribution in [3.63, 3.8) is 0 Å². The van der Waals surface area contributed by atoms with Crippen LogP contribution in [0.3, 0.4) is 0 Å². The molecule has 0 saturated heterocycles. The molecule has 1 aliphatic carbocycles. The molecule has 1 saturated carbocycles. The maximum Gasteiger partial charge on any atom is 0.293 e. The van der Waals surface area contributed by atoms with Crippen LogP contribution in [0, 0.1) is 21.4 Å². The number of benzene rings is 1. The zero-order chi connectivity index (χ0) is 14.8. The topological polar surface area (TPSA) is 118 Å². The van der Waals surface area contributed by atoms with Crippen LogP contribution in [0.15, 0.2) is 22.6 Å². The number of nitrogens with one attached hydrogen (secondary N) is 1. The minimum Gasteiger partial charge on any atom is -0.423 e. The Bertz CT molecular complexity index is 730. The lowest BCUT2D eigenvalue weighted by molar-refractivity contribution is -0.384. The molecule has 8 nitrogen and oxygen atoms in total. The zero-order valence-electron chi connectivity index (χ0n) is 10.9.